The largest absolute Gasteiger partial charge is 0.465 e. The van der Waals surface area contributed by atoms with Gasteiger partial charge in [0.15, 0.2) is 11.3 Å². The van der Waals surface area contributed by atoms with Gasteiger partial charge in [-0.3, -0.25) is 0 Å². The summed E-state index contributed by atoms with van der Waals surface area (Å²) in [5, 5.41) is 34.2. The third-order valence-corrected chi connectivity index (χ3v) is 25.6. The van der Waals surface area contributed by atoms with E-state index in [1.54, 1.807) is 24.3 Å². The van der Waals surface area contributed by atoms with Gasteiger partial charge in [0.2, 0.25) is 0 Å². The van der Waals surface area contributed by atoms with Crippen molar-refractivity contribution >= 4 is 49.1 Å². The van der Waals surface area contributed by atoms with E-state index in [4.69, 9.17) is 13.6 Å². The minimum absolute atomic E-state index is 0.191. The highest BCUT2D eigenvalue weighted by molar-refractivity contribution is 7.00. The van der Waals surface area contributed by atoms with E-state index in [2.05, 4.69) is 218 Å². The Kier molecular flexibility index (Phi) is 18.3. The van der Waals surface area contributed by atoms with Crippen LogP contribution in [0.25, 0.3) is 6.08 Å². The molecular formula is C70H71F3N4O3Si2. The minimum atomic E-state index is -5.08. The predicted octanol–water partition coefficient (Wildman–Crippen LogP) is 14.5. The summed E-state index contributed by atoms with van der Waals surface area (Å²) in [6.07, 6.45) is 6.99. The third-order valence-electron chi connectivity index (χ3n) is 15.5. The van der Waals surface area contributed by atoms with Crippen LogP contribution in [0.1, 0.15) is 79.4 Å². The van der Waals surface area contributed by atoms with Crippen molar-refractivity contribution in [2.24, 2.45) is 5.41 Å². The summed E-state index contributed by atoms with van der Waals surface area (Å²) in [6.45, 7) is 20.3. The number of halogens is 3. The first-order valence-corrected chi connectivity index (χ1v) is 31.6. The van der Waals surface area contributed by atoms with Crippen LogP contribution in [0.3, 0.4) is 0 Å². The number of hydrogen-bond donors (Lipinski definition) is 0. The van der Waals surface area contributed by atoms with Crippen LogP contribution < -0.4 is 25.6 Å². The maximum atomic E-state index is 15.5. The second kappa shape index (κ2) is 25.0. The quantitative estimate of drug-likeness (QED) is 0.0624. The van der Waals surface area contributed by atoms with Gasteiger partial charge in [0, 0.05) is 29.9 Å². The van der Waals surface area contributed by atoms with E-state index in [1.807, 2.05) is 12.1 Å². The molecule has 1 aliphatic heterocycles. The van der Waals surface area contributed by atoms with E-state index < -0.39 is 50.9 Å². The molecule has 0 spiro atoms. The molecule has 12 heteroatoms. The standard InChI is InChI=1S/C70H71F3N4O3Si2/c1-66(2,3)81(59-28-16-10-17-29-59,60-30-18-11-19-31-60)78-45-43-77(44-46-79-82(67(4,5)6,61-32-20-12-21-33-61)62-34-22-13-23-35-62)58-41-39-53(40-42-58)37-38-55-47-54(48-68(7,8)49-55)25-24-36-64-63(52-76)65(56(50-74)51-75)80-69(64,70(71,72)73)57-26-14-9-15-27-57/h9-42,47H,43-46,48-49H2,1-8H3/b36-24+,38-37+,54-25-. The highest BCUT2D eigenvalue weighted by atomic mass is 28.4. The van der Waals surface area contributed by atoms with Crippen molar-refractivity contribution in [2.45, 2.75) is 90.1 Å². The monoisotopic (exact) mass is 1130 g/mol. The topological polar surface area (TPSA) is 102 Å². The molecule has 82 heavy (non-hydrogen) atoms. The Hall–Kier alpha value is -8.03. The van der Waals surface area contributed by atoms with Crippen LogP contribution in [0.4, 0.5) is 18.9 Å². The number of ether oxygens (including phenoxy) is 1. The fraction of sp³-hybridized carbons (Fsp3) is 0.271. The maximum Gasteiger partial charge on any atom is 0.437 e. The molecule has 0 amide bonds. The average molecular weight is 1130 g/mol. The summed E-state index contributed by atoms with van der Waals surface area (Å²) in [7, 11) is -5.70. The summed E-state index contributed by atoms with van der Waals surface area (Å²) in [6, 6.07) is 63.4. The lowest BCUT2D eigenvalue weighted by Gasteiger charge is -2.44. The Balaban J connectivity index is 1.10. The smallest absolute Gasteiger partial charge is 0.437 e. The Morgan fingerprint density at radius 3 is 1.44 bits per heavy atom. The number of hydrogen-bond acceptors (Lipinski definition) is 7. The number of anilines is 1. The molecule has 7 nitrogen and oxygen atoms in total. The van der Waals surface area contributed by atoms with E-state index in [1.165, 1.54) is 57.2 Å². The van der Waals surface area contributed by atoms with Crippen LogP contribution in [0.2, 0.25) is 10.1 Å². The number of rotatable bonds is 18. The fourth-order valence-electron chi connectivity index (χ4n) is 11.9. The molecule has 1 unspecified atom stereocenters. The van der Waals surface area contributed by atoms with Crippen LogP contribution in [0.15, 0.2) is 240 Å². The van der Waals surface area contributed by atoms with Crippen LogP contribution >= 0.6 is 0 Å². The normalized spacial score (nSPS) is 17.3. The highest BCUT2D eigenvalue weighted by Crippen LogP contribution is 2.56. The lowest BCUT2D eigenvalue weighted by atomic mass is 9.75. The molecule has 2 aliphatic rings. The molecule has 0 saturated carbocycles. The van der Waals surface area contributed by atoms with E-state index in [0.29, 0.717) is 32.7 Å². The molecule has 0 aromatic heterocycles. The zero-order valence-electron chi connectivity index (χ0n) is 48.1. The Labute approximate surface area is 485 Å². The number of benzene rings is 6. The van der Waals surface area contributed by atoms with Gasteiger partial charge in [-0.25, -0.2) is 0 Å². The van der Waals surface area contributed by atoms with Crippen molar-refractivity contribution < 1.29 is 26.8 Å². The van der Waals surface area contributed by atoms with Crippen LogP contribution in [0.5, 0.6) is 0 Å². The van der Waals surface area contributed by atoms with Gasteiger partial charge in [-0.05, 0) is 77.9 Å². The average Bonchev–Trinajstić information content (AvgIpc) is 1.98. The van der Waals surface area contributed by atoms with Crippen molar-refractivity contribution in [2.75, 3.05) is 31.2 Å². The molecule has 0 bridgehead atoms. The second-order valence-electron chi connectivity index (χ2n) is 23.7. The van der Waals surface area contributed by atoms with E-state index in [-0.39, 0.29) is 21.1 Å². The molecule has 1 aliphatic carbocycles. The van der Waals surface area contributed by atoms with Crippen LogP contribution in [-0.4, -0.2) is 49.1 Å². The van der Waals surface area contributed by atoms with Gasteiger partial charge >= 0.3 is 6.18 Å². The van der Waals surface area contributed by atoms with Crippen molar-refractivity contribution in [1.82, 2.24) is 0 Å². The first-order valence-electron chi connectivity index (χ1n) is 27.8. The molecule has 6 aromatic rings. The molecule has 0 N–H and O–H groups in total. The number of allylic oxidation sites excluding steroid dienone is 8. The molecule has 1 atom stereocenters. The predicted molar refractivity (Wildman–Crippen MR) is 329 cm³/mol. The Morgan fingerprint density at radius 2 is 1.04 bits per heavy atom. The van der Waals surface area contributed by atoms with E-state index in [9.17, 15) is 15.8 Å². The van der Waals surface area contributed by atoms with Crippen molar-refractivity contribution in [3.05, 3.63) is 251 Å². The molecule has 8 rings (SSSR count). The SMILES string of the molecule is CC1(C)CC(/C=C/c2ccc(N(CCO[Si](c3ccccc3)(c3ccccc3)C(C)(C)C)CCO[Si](c3ccccc3)(c3ccccc3)C(C)(C)C)cc2)=CC(=C/C=C/C2=C(C#N)C(=C(C#N)C#N)OC2(c2ccccc2)C(F)(F)F)/C1. The van der Waals surface area contributed by atoms with E-state index >= 15 is 13.2 Å². The molecule has 1 heterocycles. The maximum absolute atomic E-state index is 15.5. The van der Waals surface area contributed by atoms with Crippen molar-refractivity contribution in [3.63, 3.8) is 0 Å². The van der Waals surface area contributed by atoms with Gasteiger partial charge < -0.3 is 18.5 Å². The zero-order valence-corrected chi connectivity index (χ0v) is 50.1. The molecule has 0 saturated heterocycles. The molecule has 6 aromatic carbocycles. The Morgan fingerprint density at radius 1 is 0.598 bits per heavy atom. The van der Waals surface area contributed by atoms with Gasteiger partial charge in [0.05, 0.1) is 13.2 Å². The molecular weight excluding hydrogens is 1060 g/mol. The first-order chi connectivity index (χ1) is 39.1. The summed E-state index contributed by atoms with van der Waals surface area (Å²) >= 11 is 0. The highest BCUT2D eigenvalue weighted by Gasteiger charge is 2.65. The van der Waals surface area contributed by atoms with Gasteiger partial charge in [-0.2, -0.15) is 29.0 Å². The van der Waals surface area contributed by atoms with Crippen LogP contribution in [-0.2, 0) is 19.2 Å². The van der Waals surface area contributed by atoms with Gasteiger partial charge in [0.1, 0.15) is 23.8 Å². The van der Waals surface area contributed by atoms with Crippen LogP contribution in [0, 0.1) is 39.4 Å². The van der Waals surface area contributed by atoms with Gasteiger partial charge in [-0.1, -0.05) is 256 Å². The Bertz CT molecular complexity index is 3300. The minimum Gasteiger partial charge on any atom is -0.465 e. The van der Waals surface area contributed by atoms with Crippen molar-refractivity contribution in [1.29, 1.82) is 15.8 Å². The molecule has 0 radical (unpaired) electrons. The first kappa shape index (κ1) is 60.1. The summed E-state index contributed by atoms with van der Waals surface area (Å²) < 4.78 is 66.9. The number of nitrogens with zero attached hydrogens (tertiary/aromatic N) is 4. The summed E-state index contributed by atoms with van der Waals surface area (Å²) in [5.74, 6) is -0.700. The third kappa shape index (κ3) is 12.4. The second-order valence-corrected chi connectivity index (χ2v) is 32.4. The van der Waals surface area contributed by atoms with Gasteiger partial charge in [-0.15, -0.1) is 0 Å². The van der Waals surface area contributed by atoms with Crippen molar-refractivity contribution in [3.8, 4) is 18.2 Å². The lowest BCUT2D eigenvalue weighted by Crippen LogP contribution is -2.67. The lowest BCUT2D eigenvalue weighted by molar-refractivity contribution is -0.249. The molecule has 0 fully saturated rings. The van der Waals surface area contributed by atoms with E-state index in [0.717, 1.165) is 28.8 Å². The zero-order chi connectivity index (χ0) is 58.8. The number of nitriles is 3. The molecule has 418 valence electrons. The van der Waals surface area contributed by atoms with Gasteiger partial charge in [0.25, 0.3) is 22.2 Å². The summed E-state index contributed by atoms with van der Waals surface area (Å²) in [4.78, 5) is 2.38. The summed E-state index contributed by atoms with van der Waals surface area (Å²) in [5.41, 5.74) is -1.45. The fourth-order valence-corrected chi connectivity index (χ4v) is 21.0. The number of alkyl halides is 3.